The molecule has 0 rings (SSSR count). The molecular formula is C12H30N2O6Zr+4. The molecule has 0 aliphatic heterocycles. The molecule has 0 heterocycles. The van der Waals surface area contributed by atoms with Crippen molar-refractivity contribution in [3.8, 4) is 0 Å². The van der Waals surface area contributed by atoms with Crippen molar-refractivity contribution in [1.29, 1.82) is 0 Å². The molecule has 0 amide bonds. The van der Waals surface area contributed by atoms with Gasteiger partial charge in [0.2, 0.25) is 0 Å². The van der Waals surface area contributed by atoms with E-state index in [4.69, 9.17) is 30.6 Å². The first kappa shape index (κ1) is 26.5. The van der Waals surface area contributed by atoms with Gasteiger partial charge in [-0.05, 0) is 0 Å². The van der Waals surface area contributed by atoms with Crippen LogP contribution in [0.3, 0.4) is 0 Å². The fourth-order valence-corrected chi connectivity index (χ4v) is 1.52. The van der Waals surface area contributed by atoms with Crippen LogP contribution in [0.2, 0.25) is 0 Å². The molecule has 6 N–H and O–H groups in total. The maximum absolute atomic E-state index is 8.48. The van der Waals surface area contributed by atoms with Gasteiger partial charge in [-0.3, -0.25) is 9.80 Å². The summed E-state index contributed by atoms with van der Waals surface area (Å²) >= 11 is 0. The molecule has 0 unspecified atom stereocenters. The second kappa shape index (κ2) is 22.8. The minimum absolute atomic E-state index is 0. The molecule has 0 radical (unpaired) electrons. The summed E-state index contributed by atoms with van der Waals surface area (Å²) in [6.45, 7) is 3.51. The van der Waals surface area contributed by atoms with Crippen LogP contribution in [0, 0.1) is 0 Å². The maximum atomic E-state index is 8.48. The van der Waals surface area contributed by atoms with Crippen LogP contribution < -0.4 is 0 Å². The second-order valence-corrected chi connectivity index (χ2v) is 4.02. The molecular weight excluding hydrogens is 359 g/mol. The average molecular weight is 390 g/mol. The molecule has 0 aromatic heterocycles. The van der Waals surface area contributed by atoms with Crippen molar-refractivity contribution in [3.05, 3.63) is 0 Å². The number of nitrogens with zero attached hydrogens (tertiary/aromatic N) is 2. The van der Waals surface area contributed by atoms with Crippen molar-refractivity contribution in [2.75, 3.05) is 78.9 Å². The third-order valence-electron chi connectivity index (χ3n) is 2.50. The molecule has 0 aromatic carbocycles. The quantitative estimate of drug-likeness (QED) is 0.203. The molecule has 0 saturated carbocycles. The van der Waals surface area contributed by atoms with Gasteiger partial charge in [-0.1, -0.05) is 0 Å². The van der Waals surface area contributed by atoms with Crippen molar-refractivity contribution in [2.24, 2.45) is 0 Å². The van der Waals surface area contributed by atoms with Crippen LogP contribution in [-0.4, -0.2) is 119 Å². The Kier molecular flexibility index (Phi) is 28.8. The number of rotatable bonds is 12. The maximum Gasteiger partial charge on any atom is 4.00 e. The Balaban J connectivity index is -0.000000295. The predicted octanol–water partition coefficient (Wildman–Crippen LogP) is -3.47. The molecule has 0 aromatic rings. The first-order chi connectivity index (χ1) is 9.69. The summed E-state index contributed by atoms with van der Waals surface area (Å²) in [7, 11) is 0. The molecule has 0 aliphatic carbocycles. The Morgan fingerprint density at radius 3 is 0.619 bits per heavy atom. The van der Waals surface area contributed by atoms with Gasteiger partial charge in [0.25, 0.3) is 0 Å². The number of hydrogen-bond donors (Lipinski definition) is 6. The Morgan fingerprint density at radius 1 is 0.381 bits per heavy atom. The minimum atomic E-state index is 0. The summed E-state index contributed by atoms with van der Waals surface area (Å²) in [5.74, 6) is 0. The fourth-order valence-electron chi connectivity index (χ4n) is 1.52. The summed E-state index contributed by atoms with van der Waals surface area (Å²) in [5.41, 5.74) is 0. The van der Waals surface area contributed by atoms with Gasteiger partial charge in [-0.15, -0.1) is 0 Å². The third kappa shape index (κ3) is 20.6. The predicted molar refractivity (Wildman–Crippen MR) is 75.4 cm³/mol. The Morgan fingerprint density at radius 2 is 0.524 bits per heavy atom. The van der Waals surface area contributed by atoms with Crippen LogP contribution in [0.5, 0.6) is 0 Å². The van der Waals surface area contributed by atoms with Gasteiger partial charge in [0.1, 0.15) is 0 Å². The van der Waals surface area contributed by atoms with Gasteiger partial charge < -0.3 is 30.6 Å². The summed E-state index contributed by atoms with van der Waals surface area (Å²) in [4.78, 5) is 3.58. The topological polar surface area (TPSA) is 128 Å². The molecule has 0 aliphatic rings. The van der Waals surface area contributed by atoms with E-state index in [9.17, 15) is 0 Å². The Bertz CT molecular complexity index is 135. The number of hydrogen-bond acceptors (Lipinski definition) is 8. The van der Waals surface area contributed by atoms with E-state index in [1.807, 2.05) is 0 Å². The van der Waals surface area contributed by atoms with E-state index in [-0.39, 0.29) is 65.8 Å². The van der Waals surface area contributed by atoms with E-state index in [1.54, 1.807) is 9.80 Å². The van der Waals surface area contributed by atoms with E-state index in [2.05, 4.69) is 0 Å². The SMILES string of the molecule is OCCN(CCO)CCO.OCCN(CCO)CCO.[Zr+4]. The van der Waals surface area contributed by atoms with Crippen molar-refractivity contribution in [1.82, 2.24) is 9.80 Å². The zero-order chi connectivity index (χ0) is 15.6. The van der Waals surface area contributed by atoms with Crippen LogP contribution in [0.1, 0.15) is 0 Å². The summed E-state index contributed by atoms with van der Waals surface area (Å²) < 4.78 is 0. The summed E-state index contributed by atoms with van der Waals surface area (Å²) in [6, 6.07) is 0. The van der Waals surface area contributed by atoms with E-state index in [1.165, 1.54) is 0 Å². The Hall–Kier alpha value is 0.563. The van der Waals surface area contributed by atoms with Crippen LogP contribution >= 0.6 is 0 Å². The molecule has 21 heavy (non-hydrogen) atoms. The van der Waals surface area contributed by atoms with Crippen molar-refractivity contribution in [2.45, 2.75) is 0 Å². The third-order valence-corrected chi connectivity index (χ3v) is 2.50. The van der Waals surface area contributed by atoms with Gasteiger partial charge in [0.15, 0.2) is 0 Å². The molecule has 0 bridgehead atoms. The van der Waals surface area contributed by atoms with Gasteiger partial charge in [-0.25, -0.2) is 0 Å². The zero-order valence-electron chi connectivity index (χ0n) is 12.6. The largest absolute Gasteiger partial charge is 4.00 e. The number of aliphatic hydroxyl groups excluding tert-OH is 6. The zero-order valence-corrected chi connectivity index (χ0v) is 15.0. The van der Waals surface area contributed by atoms with Gasteiger partial charge in [-0.2, -0.15) is 0 Å². The monoisotopic (exact) mass is 388 g/mol. The smallest absolute Gasteiger partial charge is 0.395 e. The first-order valence-electron chi connectivity index (χ1n) is 6.79. The van der Waals surface area contributed by atoms with Crippen LogP contribution in [0.4, 0.5) is 0 Å². The molecule has 0 saturated heterocycles. The average Bonchev–Trinajstić information content (AvgIpc) is 2.41. The second-order valence-electron chi connectivity index (χ2n) is 4.02. The molecule has 9 heteroatoms. The fraction of sp³-hybridized carbons (Fsp3) is 1.00. The molecule has 124 valence electrons. The van der Waals surface area contributed by atoms with Crippen LogP contribution in [-0.2, 0) is 26.2 Å². The Labute approximate surface area is 145 Å². The normalized spacial score (nSPS) is 10.3. The van der Waals surface area contributed by atoms with Crippen molar-refractivity contribution >= 4 is 0 Å². The van der Waals surface area contributed by atoms with Crippen LogP contribution in [0.25, 0.3) is 0 Å². The van der Waals surface area contributed by atoms with E-state index in [0.29, 0.717) is 39.3 Å². The molecule has 0 spiro atoms. The van der Waals surface area contributed by atoms with Crippen LogP contribution in [0.15, 0.2) is 0 Å². The molecule has 8 nitrogen and oxygen atoms in total. The van der Waals surface area contributed by atoms with Crippen molar-refractivity contribution in [3.63, 3.8) is 0 Å². The van der Waals surface area contributed by atoms with E-state index >= 15 is 0 Å². The standard InChI is InChI=1S/2C6H15NO3.Zr/c2*8-4-1-7(2-5-9)3-6-10;/h2*8-10H,1-6H2;/q;;+4. The van der Waals surface area contributed by atoms with Gasteiger partial charge in [0.05, 0.1) is 39.6 Å². The van der Waals surface area contributed by atoms with Gasteiger partial charge >= 0.3 is 26.2 Å². The van der Waals surface area contributed by atoms with E-state index in [0.717, 1.165) is 0 Å². The molecule has 0 fully saturated rings. The molecule has 0 atom stereocenters. The van der Waals surface area contributed by atoms with Crippen molar-refractivity contribution < 1.29 is 56.8 Å². The van der Waals surface area contributed by atoms with E-state index < -0.39 is 0 Å². The first-order valence-corrected chi connectivity index (χ1v) is 6.79. The minimum Gasteiger partial charge on any atom is -0.395 e. The number of aliphatic hydroxyl groups is 6. The van der Waals surface area contributed by atoms with Gasteiger partial charge in [0, 0.05) is 39.3 Å². The summed E-state index contributed by atoms with van der Waals surface area (Å²) in [5, 5.41) is 50.9. The summed E-state index contributed by atoms with van der Waals surface area (Å²) in [6.07, 6.45) is 0.